The van der Waals surface area contributed by atoms with Gasteiger partial charge in [-0.2, -0.15) is 0 Å². The van der Waals surface area contributed by atoms with E-state index in [1.807, 2.05) is 6.07 Å². The van der Waals surface area contributed by atoms with Crippen molar-refractivity contribution in [3.05, 3.63) is 23.9 Å². The Balaban J connectivity index is 1.63. The van der Waals surface area contributed by atoms with Crippen LogP contribution < -0.4 is 10.1 Å². The molecule has 1 aliphatic carbocycles. The smallest absolute Gasteiger partial charge is 0.307 e. The number of rotatable bonds is 6. The molecule has 1 atom stereocenters. The molecular formula is C20H25N3O3S. The topological polar surface area (TPSA) is 75.7 Å². The summed E-state index contributed by atoms with van der Waals surface area (Å²) in [5.41, 5.74) is 3.15. The number of hydrogen-bond donors (Lipinski definition) is 2. The molecule has 1 saturated carbocycles. The molecule has 1 aliphatic heterocycles. The number of thioether (sulfide) groups is 1. The summed E-state index contributed by atoms with van der Waals surface area (Å²) in [6, 6.07) is 6.72. The highest BCUT2D eigenvalue weighted by Gasteiger charge is 2.24. The molecule has 0 bridgehead atoms. The summed E-state index contributed by atoms with van der Waals surface area (Å²) in [4.78, 5) is 19.7. The largest absolute Gasteiger partial charge is 0.497 e. The fourth-order valence-corrected chi connectivity index (χ4v) is 4.83. The van der Waals surface area contributed by atoms with Gasteiger partial charge in [-0.1, -0.05) is 12.8 Å². The molecule has 2 heterocycles. The van der Waals surface area contributed by atoms with Crippen LogP contribution in [0.1, 0.15) is 37.8 Å². The van der Waals surface area contributed by atoms with E-state index in [2.05, 4.69) is 22.4 Å². The molecule has 0 spiro atoms. The molecule has 7 heteroatoms. The molecule has 1 unspecified atom stereocenters. The molecule has 6 nitrogen and oxygen atoms in total. The Morgan fingerprint density at radius 1 is 1.30 bits per heavy atom. The first-order chi connectivity index (χ1) is 13.2. The van der Waals surface area contributed by atoms with Gasteiger partial charge in [0.05, 0.1) is 43.6 Å². The molecule has 0 radical (unpaired) electrons. The molecule has 1 aromatic heterocycles. The summed E-state index contributed by atoms with van der Waals surface area (Å²) in [6.07, 6.45) is 5.33. The molecular weight excluding hydrogens is 362 g/mol. The van der Waals surface area contributed by atoms with E-state index in [9.17, 15) is 4.79 Å². The van der Waals surface area contributed by atoms with Crippen LogP contribution in [0.3, 0.4) is 0 Å². The van der Waals surface area contributed by atoms with E-state index in [0.717, 1.165) is 38.8 Å². The van der Waals surface area contributed by atoms with Crippen molar-refractivity contribution >= 4 is 39.4 Å². The van der Waals surface area contributed by atoms with Crippen LogP contribution in [-0.4, -0.2) is 48.1 Å². The van der Waals surface area contributed by atoms with Crippen molar-refractivity contribution in [2.24, 2.45) is 4.99 Å². The number of aromatic nitrogens is 1. The maximum atomic E-state index is 11.5. The lowest BCUT2D eigenvalue weighted by atomic mass is 10.1. The molecule has 144 valence electrons. The van der Waals surface area contributed by atoms with Gasteiger partial charge in [0.25, 0.3) is 0 Å². The highest BCUT2D eigenvalue weighted by molar-refractivity contribution is 8.14. The van der Waals surface area contributed by atoms with Crippen LogP contribution in [0, 0.1) is 0 Å². The molecule has 2 N–H and O–H groups in total. The van der Waals surface area contributed by atoms with Gasteiger partial charge in [-0.05, 0) is 25.0 Å². The van der Waals surface area contributed by atoms with Gasteiger partial charge in [-0.3, -0.25) is 9.79 Å². The highest BCUT2D eigenvalue weighted by atomic mass is 32.2. The van der Waals surface area contributed by atoms with Crippen molar-refractivity contribution in [3.8, 4) is 5.75 Å². The van der Waals surface area contributed by atoms with Crippen molar-refractivity contribution in [3.63, 3.8) is 0 Å². The number of esters is 1. The Morgan fingerprint density at radius 3 is 2.85 bits per heavy atom. The molecule has 0 saturated heterocycles. The van der Waals surface area contributed by atoms with Gasteiger partial charge in [0.15, 0.2) is 0 Å². The van der Waals surface area contributed by atoms with Gasteiger partial charge < -0.3 is 19.8 Å². The van der Waals surface area contributed by atoms with Gasteiger partial charge in [0.1, 0.15) is 10.8 Å². The number of ether oxygens (including phenoxy) is 2. The Hall–Kier alpha value is -2.15. The van der Waals surface area contributed by atoms with Gasteiger partial charge in [-0.15, -0.1) is 11.8 Å². The average Bonchev–Trinajstić information content (AvgIpc) is 3.41. The average molecular weight is 388 g/mol. The van der Waals surface area contributed by atoms with E-state index in [0.29, 0.717) is 12.5 Å². The highest BCUT2D eigenvalue weighted by Crippen LogP contribution is 2.34. The predicted octanol–water partition coefficient (Wildman–Crippen LogP) is 3.96. The van der Waals surface area contributed by atoms with Gasteiger partial charge >= 0.3 is 5.97 Å². The quantitative estimate of drug-likeness (QED) is 0.734. The second kappa shape index (κ2) is 7.84. The summed E-state index contributed by atoms with van der Waals surface area (Å²) < 4.78 is 10.3. The third-order valence-electron chi connectivity index (χ3n) is 5.23. The minimum atomic E-state index is -0.213. The monoisotopic (exact) mass is 387 g/mol. The summed E-state index contributed by atoms with van der Waals surface area (Å²) >= 11 is 1.68. The third-order valence-corrected chi connectivity index (χ3v) is 6.38. The zero-order valence-corrected chi connectivity index (χ0v) is 16.5. The number of carbonyl (C=O) groups is 1. The van der Waals surface area contributed by atoms with Crippen LogP contribution in [0.4, 0.5) is 5.69 Å². The molecule has 2 aromatic rings. The standard InChI is InChI=1S/C20H25N3O3S/c1-25-15-7-12-8-17(20-22-14(11-27-20)9-18(24)26-2)23-19(12)16(10-15)21-13-5-3-4-6-13/h7-8,10,13-14,21,23H,3-6,9,11H2,1-2H3. The third kappa shape index (κ3) is 3.93. The zero-order chi connectivity index (χ0) is 18.8. The Kier molecular flexibility index (Phi) is 5.29. The van der Waals surface area contributed by atoms with Crippen molar-refractivity contribution in [1.29, 1.82) is 0 Å². The summed E-state index contributed by atoms with van der Waals surface area (Å²) in [5, 5.41) is 5.74. The fourth-order valence-electron chi connectivity index (χ4n) is 3.80. The SMILES string of the molecule is COC(=O)CC1CSC(c2cc3cc(OC)cc(NC4CCCC4)c3[nH]2)=N1. The maximum Gasteiger partial charge on any atom is 0.307 e. The lowest BCUT2D eigenvalue weighted by molar-refractivity contribution is -0.140. The van der Waals surface area contributed by atoms with Crippen molar-refractivity contribution < 1.29 is 14.3 Å². The summed E-state index contributed by atoms with van der Waals surface area (Å²) in [5.74, 6) is 1.43. The van der Waals surface area contributed by atoms with Crippen LogP contribution >= 0.6 is 11.8 Å². The van der Waals surface area contributed by atoms with Crippen LogP contribution in [-0.2, 0) is 9.53 Å². The second-order valence-corrected chi connectivity index (χ2v) is 8.14. The second-order valence-electron chi connectivity index (χ2n) is 7.13. The first-order valence-corrected chi connectivity index (χ1v) is 10.4. The Labute approximate surface area is 163 Å². The zero-order valence-electron chi connectivity index (χ0n) is 15.7. The van der Waals surface area contributed by atoms with Gasteiger partial charge in [0.2, 0.25) is 0 Å². The van der Waals surface area contributed by atoms with E-state index in [4.69, 9.17) is 14.5 Å². The van der Waals surface area contributed by atoms with E-state index in [1.165, 1.54) is 32.8 Å². The summed E-state index contributed by atoms with van der Waals surface area (Å²) in [6.45, 7) is 0. The number of anilines is 1. The van der Waals surface area contributed by atoms with Crippen molar-refractivity contribution in [2.75, 3.05) is 25.3 Å². The van der Waals surface area contributed by atoms with Gasteiger partial charge in [0, 0.05) is 23.2 Å². The minimum Gasteiger partial charge on any atom is -0.497 e. The first-order valence-electron chi connectivity index (χ1n) is 9.41. The number of aromatic amines is 1. The van der Waals surface area contributed by atoms with Crippen LogP contribution in [0.5, 0.6) is 5.75 Å². The van der Waals surface area contributed by atoms with Crippen LogP contribution in [0.2, 0.25) is 0 Å². The Morgan fingerprint density at radius 2 is 2.11 bits per heavy atom. The number of aliphatic imine (C=N–C) groups is 1. The summed E-state index contributed by atoms with van der Waals surface area (Å²) in [7, 11) is 3.11. The van der Waals surface area contributed by atoms with E-state index in [-0.39, 0.29) is 12.0 Å². The van der Waals surface area contributed by atoms with E-state index in [1.54, 1.807) is 18.9 Å². The maximum absolute atomic E-state index is 11.5. The number of nitrogens with zero attached hydrogens (tertiary/aromatic N) is 1. The van der Waals surface area contributed by atoms with Crippen LogP contribution in [0.15, 0.2) is 23.2 Å². The lowest BCUT2D eigenvalue weighted by Crippen LogP contribution is -2.14. The van der Waals surface area contributed by atoms with Crippen molar-refractivity contribution in [2.45, 2.75) is 44.2 Å². The number of fused-ring (bicyclic) bond motifs is 1. The molecule has 27 heavy (non-hydrogen) atoms. The molecule has 1 aromatic carbocycles. The van der Waals surface area contributed by atoms with Crippen molar-refractivity contribution in [1.82, 2.24) is 4.98 Å². The Bertz CT molecular complexity index is 871. The molecule has 0 amide bonds. The number of methoxy groups -OCH3 is 2. The normalized spacial score (nSPS) is 20.1. The predicted molar refractivity (Wildman–Crippen MR) is 110 cm³/mol. The van der Waals surface area contributed by atoms with E-state index >= 15 is 0 Å². The number of hydrogen-bond acceptors (Lipinski definition) is 6. The molecule has 4 rings (SSSR count). The number of H-pyrrole nitrogens is 1. The van der Waals surface area contributed by atoms with E-state index < -0.39 is 0 Å². The fraction of sp³-hybridized carbons (Fsp3) is 0.500. The van der Waals surface area contributed by atoms with Gasteiger partial charge in [-0.25, -0.2) is 0 Å². The number of nitrogens with one attached hydrogen (secondary N) is 2. The van der Waals surface area contributed by atoms with Crippen LogP contribution in [0.25, 0.3) is 10.9 Å². The molecule has 1 fully saturated rings. The number of carbonyl (C=O) groups excluding carboxylic acids is 1. The minimum absolute atomic E-state index is 0.0190. The first kappa shape index (κ1) is 18.2. The number of benzene rings is 1. The molecule has 2 aliphatic rings. The lowest BCUT2D eigenvalue weighted by Gasteiger charge is -2.15.